The monoisotopic (exact) mass is 312 g/mol. The third-order valence-corrected chi connectivity index (χ3v) is 4.75. The summed E-state index contributed by atoms with van der Waals surface area (Å²) in [7, 11) is 1.66. The van der Waals surface area contributed by atoms with Crippen molar-refractivity contribution in [3.8, 4) is 0 Å². The summed E-state index contributed by atoms with van der Waals surface area (Å²) >= 11 is 1.75. The van der Waals surface area contributed by atoms with Crippen LogP contribution in [-0.2, 0) is 16.0 Å². The number of aryl methyl sites for hydroxylation is 1. The zero-order valence-electron chi connectivity index (χ0n) is 12.8. The van der Waals surface area contributed by atoms with Crippen molar-refractivity contribution in [3.63, 3.8) is 0 Å². The van der Waals surface area contributed by atoms with Crippen LogP contribution in [0.4, 0.5) is 5.13 Å². The summed E-state index contributed by atoms with van der Waals surface area (Å²) in [5.41, 5.74) is 0. The largest absolute Gasteiger partial charge is 0.383 e. The number of thiazole rings is 1. The third kappa shape index (κ3) is 4.66. The number of ether oxygens (including phenoxy) is 1. The molecule has 1 aromatic heterocycles. The molecule has 1 amide bonds. The highest BCUT2D eigenvalue weighted by molar-refractivity contribution is 7.15. The molecule has 1 aliphatic heterocycles. The van der Waals surface area contributed by atoms with E-state index >= 15 is 0 Å². The van der Waals surface area contributed by atoms with Crippen LogP contribution in [0, 0.1) is 0 Å². The Kier molecular flexibility index (Phi) is 6.41. The van der Waals surface area contributed by atoms with Crippen molar-refractivity contribution in [1.82, 2.24) is 15.2 Å². The summed E-state index contributed by atoms with van der Waals surface area (Å²) in [6.07, 6.45) is 2.99. The Morgan fingerprint density at radius 3 is 2.81 bits per heavy atom. The van der Waals surface area contributed by atoms with Crippen LogP contribution < -0.4 is 10.2 Å². The van der Waals surface area contributed by atoms with Crippen LogP contribution in [-0.4, -0.2) is 68.8 Å². The zero-order valence-corrected chi connectivity index (χ0v) is 13.6. The molecule has 118 valence electrons. The molecule has 1 aromatic rings. The highest BCUT2D eigenvalue weighted by atomic mass is 32.1. The lowest BCUT2D eigenvalue weighted by Crippen LogP contribution is -2.51. The van der Waals surface area contributed by atoms with E-state index in [1.807, 2.05) is 11.1 Å². The highest BCUT2D eigenvalue weighted by Crippen LogP contribution is 2.23. The van der Waals surface area contributed by atoms with Crippen LogP contribution in [0.3, 0.4) is 0 Å². The molecule has 21 heavy (non-hydrogen) atoms. The molecule has 0 aliphatic carbocycles. The highest BCUT2D eigenvalue weighted by Gasteiger charge is 2.22. The molecular weight excluding hydrogens is 288 g/mol. The minimum absolute atomic E-state index is 0.166. The Bertz CT molecular complexity index is 444. The topological polar surface area (TPSA) is 57.7 Å². The van der Waals surface area contributed by atoms with Crippen molar-refractivity contribution in [3.05, 3.63) is 11.1 Å². The number of piperazine rings is 1. The predicted molar refractivity (Wildman–Crippen MR) is 85.0 cm³/mol. The molecule has 0 atom stereocenters. The zero-order chi connectivity index (χ0) is 15.1. The minimum Gasteiger partial charge on any atom is -0.383 e. The number of nitrogens with one attached hydrogen (secondary N) is 1. The summed E-state index contributed by atoms with van der Waals surface area (Å²) in [5, 5.41) is 4.18. The number of carbonyl (C=O) groups is 1. The van der Waals surface area contributed by atoms with Gasteiger partial charge in [-0.25, -0.2) is 4.98 Å². The number of amides is 1. The van der Waals surface area contributed by atoms with Crippen molar-refractivity contribution < 1.29 is 9.53 Å². The molecule has 0 unspecified atom stereocenters. The maximum Gasteiger partial charge on any atom is 0.236 e. The average Bonchev–Trinajstić information content (AvgIpc) is 3.00. The van der Waals surface area contributed by atoms with Gasteiger partial charge in [-0.2, -0.15) is 0 Å². The number of nitrogens with zero attached hydrogens (tertiary/aromatic N) is 3. The smallest absolute Gasteiger partial charge is 0.236 e. The molecule has 0 radical (unpaired) electrons. The van der Waals surface area contributed by atoms with Gasteiger partial charge in [0, 0.05) is 50.9 Å². The molecule has 0 aromatic carbocycles. The van der Waals surface area contributed by atoms with Gasteiger partial charge in [0.15, 0.2) is 5.13 Å². The molecule has 6 nitrogen and oxygen atoms in total. The lowest BCUT2D eigenvalue weighted by atomic mass is 10.3. The molecule has 0 spiro atoms. The molecule has 1 aliphatic rings. The van der Waals surface area contributed by atoms with Crippen molar-refractivity contribution in [2.24, 2.45) is 0 Å². The lowest BCUT2D eigenvalue weighted by Gasteiger charge is -2.34. The van der Waals surface area contributed by atoms with Gasteiger partial charge in [0.25, 0.3) is 0 Å². The Labute approximate surface area is 130 Å². The van der Waals surface area contributed by atoms with Crippen molar-refractivity contribution in [1.29, 1.82) is 0 Å². The van der Waals surface area contributed by atoms with Crippen molar-refractivity contribution in [2.45, 2.75) is 13.3 Å². The molecule has 0 bridgehead atoms. The number of hydrogen-bond acceptors (Lipinski definition) is 6. The van der Waals surface area contributed by atoms with Crippen LogP contribution in [0.15, 0.2) is 6.20 Å². The van der Waals surface area contributed by atoms with Gasteiger partial charge in [-0.05, 0) is 6.42 Å². The van der Waals surface area contributed by atoms with E-state index in [0.717, 1.165) is 37.7 Å². The lowest BCUT2D eigenvalue weighted by molar-refractivity contribution is -0.130. The van der Waals surface area contributed by atoms with Crippen LogP contribution >= 0.6 is 11.3 Å². The molecule has 1 saturated heterocycles. The first kappa shape index (κ1) is 16.2. The number of anilines is 1. The predicted octanol–water partition coefficient (Wildman–Crippen LogP) is 0.590. The number of methoxy groups -OCH3 is 1. The fourth-order valence-electron chi connectivity index (χ4n) is 2.24. The number of hydrogen-bond donors (Lipinski definition) is 1. The number of rotatable bonds is 7. The van der Waals surface area contributed by atoms with Crippen LogP contribution in [0.1, 0.15) is 11.8 Å². The SMILES string of the molecule is CCc1cnc(N2CCN(C(=O)CNCCOC)CC2)s1. The van der Waals surface area contributed by atoms with Gasteiger partial charge >= 0.3 is 0 Å². The van der Waals surface area contributed by atoms with Gasteiger partial charge in [0.1, 0.15) is 0 Å². The maximum absolute atomic E-state index is 12.0. The normalized spacial score (nSPS) is 15.5. The first-order chi connectivity index (χ1) is 10.2. The Balaban J connectivity index is 1.73. The number of aromatic nitrogens is 1. The van der Waals surface area contributed by atoms with Crippen molar-refractivity contribution in [2.75, 3.05) is 57.9 Å². The summed E-state index contributed by atoms with van der Waals surface area (Å²) in [4.78, 5) is 22.0. The molecule has 1 N–H and O–H groups in total. The first-order valence-electron chi connectivity index (χ1n) is 7.41. The van der Waals surface area contributed by atoms with Crippen LogP contribution in [0.2, 0.25) is 0 Å². The van der Waals surface area contributed by atoms with E-state index < -0.39 is 0 Å². The van der Waals surface area contributed by atoms with Gasteiger partial charge < -0.3 is 19.9 Å². The second kappa shape index (κ2) is 8.31. The fraction of sp³-hybridized carbons (Fsp3) is 0.714. The number of carbonyl (C=O) groups excluding carboxylic acids is 1. The van der Waals surface area contributed by atoms with Crippen molar-refractivity contribution >= 4 is 22.4 Å². The van der Waals surface area contributed by atoms with E-state index in [1.165, 1.54) is 4.88 Å². The summed E-state index contributed by atoms with van der Waals surface area (Å²) < 4.78 is 4.94. The minimum atomic E-state index is 0.166. The Hall–Kier alpha value is -1.18. The van der Waals surface area contributed by atoms with Crippen LogP contribution in [0.25, 0.3) is 0 Å². The maximum atomic E-state index is 12.0. The molecule has 2 heterocycles. The molecule has 2 rings (SSSR count). The second-order valence-corrected chi connectivity index (χ2v) is 6.09. The average molecular weight is 312 g/mol. The van der Waals surface area contributed by atoms with E-state index in [1.54, 1.807) is 18.4 Å². The van der Waals surface area contributed by atoms with Gasteiger partial charge in [-0.3, -0.25) is 4.79 Å². The van der Waals surface area contributed by atoms with E-state index in [-0.39, 0.29) is 5.91 Å². The Morgan fingerprint density at radius 2 is 2.19 bits per heavy atom. The standard InChI is InChI=1S/C14H24N4O2S/c1-3-12-10-16-14(21-12)18-7-5-17(6-8-18)13(19)11-15-4-9-20-2/h10,15H,3-9,11H2,1-2H3. The van der Waals surface area contributed by atoms with Crippen LogP contribution in [0.5, 0.6) is 0 Å². The van der Waals surface area contributed by atoms with E-state index in [0.29, 0.717) is 19.7 Å². The first-order valence-corrected chi connectivity index (χ1v) is 8.23. The fourth-order valence-corrected chi connectivity index (χ4v) is 3.14. The van der Waals surface area contributed by atoms with Gasteiger partial charge in [-0.15, -0.1) is 11.3 Å². The molecular formula is C14H24N4O2S. The van der Waals surface area contributed by atoms with E-state index in [2.05, 4.69) is 22.1 Å². The quantitative estimate of drug-likeness (QED) is 0.747. The summed E-state index contributed by atoms with van der Waals surface area (Å²) in [6, 6.07) is 0. The second-order valence-electron chi connectivity index (χ2n) is 5.00. The molecule has 0 saturated carbocycles. The van der Waals surface area contributed by atoms with Gasteiger partial charge in [0.05, 0.1) is 13.2 Å². The third-order valence-electron chi connectivity index (χ3n) is 3.55. The van der Waals surface area contributed by atoms with E-state index in [4.69, 9.17) is 4.74 Å². The van der Waals surface area contributed by atoms with Gasteiger partial charge in [-0.1, -0.05) is 6.92 Å². The van der Waals surface area contributed by atoms with Gasteiger partial charge in [0.2, 0.25) is 5.91 Å². The Morgan fingerprint density at radius 1 is 1.43 bits per heavy atom. The summed E-state index contributed by atoms with van der Waals surface area (Å²) in [6.45, 7) is 7.13. The molecule has 7 heteroatoms. The molecule has 1 fully saturated rings. The van der Waals surface area contributed by atoms with E-state index in [9.17, 15) is 4.79 Å². The summed E-state index contributed by atoms with van der Waals surface area (Å²) in [5.74, 6) is 0.166.